The minimum atomic E-state index is 0.0410. The maximum atomic E-state index is 11.7. The third-order valence-electron chi connectivity index (χ3n) is 5.14. The van der Waals surface area contributed by atoms with Crippen molar-refractivity contribution in [2.45, 2.75) is 39.7 Å². The molecule has 2 heterocycles. The van der Waals surface area contributed by atoms with Gasteiger partial charge in [-0.25, -0.2) is 0 Å². The molecule has 1 saturated heterocycles. The molecule has 1 aliphatic heterocycles. The van der Waals surface area contributed by atoms with Gasteiger partial charge in [-0.05, 0) is 68.0 Å². The average molecular weight is 354 g/mol. The molecular weight excluding hydrogens is 324 g/mol. The minimum absolute atomic E-state index is 0.0410. The Morgan fingerprint density at radius 1 is 1.12 bits per heavy atom. The van der Waals surface area contributed by atoms with Gasteiger partial charge in [0.05, 0.1) is 6.61 Å². The summed E-state index contributed by atoms with van der Waals surface area (Å²) in [7, 11) is 0. The summed E-state index contributed by atoms with van der Waals surface area (Å²) in [6, 6.07) is 11.6. The van der Waals surface area contributed by atoms with E-state index < -0.39 is 0 Å². The Kier molecular flexibility index (Phi) is 6.51. The molecule has 1 aromatic carbocycles. The summed E-state index contributed by atoms with van der Waals surface area (Å²) in [5.74, 6) is 1.74. The van der Waals surface area contributed by atoms with Crippen LogP contribution in [0.25, 0.3) is 11.1 Å². The molecule has 26 heavy (non-hydrogen) atoms. The van der Waals surface area contributed by atoms with E-state index >= 15 is 0 Å². The topological polar surface area (TPSA) is 34.5 Å². The van der Waals surface area contributed by atoms with Gasteiger partial charge in [0.25, 0.3) is 5.56 Å². The zero-order valence-corrected chi connectivity index (χ0v) is 16.0. The van der Waals surface area contributed by atoms with Crippen molar-refractivity contribution in [3.05, 3.63) is 52.9 Å². The Bertz CT molecular complexity index is 751. The van der Waals surface area contributed by atoms with E-state index in [-0.39, 0.29) is 5.56 Å². The van der Waals surface area contributed by atoms with Crippen molar-refractivity contribution in [3.63, 3.8) is 0 Å². The number of aromatic nitrogens is 1. The largest absolute Gasteiger partial charge is 0.494 e. The summed E-state index contributed by atoms with van der Waals surface area (Å²) in [4.78, 5) is 14.3. The lowest BCUT2D eigenvalue weighted by atomic mass is 10.0. The third kappa shape index (κ3) is 4.98. The highest BCUT2D eigenvalue weighted by Gasteiger charge is 2.15. The van der Waals surface area contributed by atoms with Crippen LogP contribution in [0, 0.1) is 5.92 Å². The van der Waals surface area contributed by atoms with Gasteiger partial charge in [-0.1, -0.05) is 19.1 Å². The van der Waals surface area contributed by atoms with Gasteiger partial charge in [-0.15, -0.1) is 0 Å². The molecule has 1 fully saturated rings. The third-order valence-corrected chi connectivity index (χ3v) is 5.14. The Morgan fingerprint density at radius 2 is 1.88 bits per heavy atom. The second kappa shape index (κ2) is 9.04. The Hall–Kier alpha value is -2.07. The normalized spacial score (nSPS) is 18.0. The molecule has 3 rings (SSSR count). The predicted octanol–water partition coefficient (Wildman–Crippen LogP) is 4.04. The zero-order valence-electron chi connectivity index (χ0n) is 16.0. The van der Waals surface area contributed by atoms with Crippen LogP contribution in [0.2, 0.25) is 0 Å². The number of nitrogens with zero attached hydrogens (tertiary/aromatic N) is 2. The number of ether oxygens (including phenoxy) is 1. The van der Waals surface area contributed by atoms with Crippen molar-refractivity contribution >= 4 is 0 Å². The quantitative estimate of drug-likeness (QED) is 0.704. The number of pyridine rings is 1. The van der Waals surface area contributed by atoms with Crippen LogP contribution in [0.15, 0.2) is 47.4 Å². The lowest BCUT2D eigenvalue weighted by molar-refractivity contribution is 0.170. The van der Waals surface area contributed by atoms with Crippen molar-refractivity contribution in [3.8, 4) is 16.9 Å². The summed E-state index contributed by atoms with van der Waals surface area (Å²) in [5.41, 5.74) is 2.19. The van der Waals surface area contributed by atoms with E-state index in [1.165, 1.54) is 25.9 Å². The van der Waals surface area contributed by atoms with Crippen molar-refractivity contribution < 1.29 is 4.74 Å². The molecule has 0 unspecified atom stereocenters. The molecule has 0 N–H and O–H groups in total. The SMILES string of the molecule is CCn1cc(-c2ccc(OCCCN3CCC[C@@H](C)C3)cc2)ccc1=O. The molecule has 0 spiro atoms. The Balaban J connectivity index is 1.49. The molecule has 4 nitrogen and oxygen atoms in total. The van der Waals surface area contributed by atoms with E-state index in [0.717, 1.165) is 42.4 Å². The molecule has 0 radical (unpaired) electrons. The summed E-state index contributed by atoms with van der Waals surface area (Å²) in [6.45, 7) is 9.35. The summed E-state index contributed by atoms with van der Waals surface area (Å²) in [6.07, 6.45) is 5.68. The van der Waals surface area contributed by atoms with Crippen molar-refractivity contribution in [1.82, 2.24) is 9.47 Å². The van der Waals surface area contributed by atoms with Crippen molar-refractivity contribution in [1.29, 1.82) is 0 Å². The standard InChI is InChI=1S/C22H30N2O2/c1-3-24-17-20(9-12-22(24)25)19-7-10-21(11-8-19)26-15-5-14-23-13-4-6-18(2)16-23/h7-12,17-18H,3-6,13-16H2,1-2H3/t18-/m1/s1. The molecule has 1 aromatic heterocycles. The molecule has 4 heteroatoms. The lowest BCUT2D eigenvalue weighted by Gasteiger charge is -2.30. The summed E-state index contributed by atoms with van der Waals surface area (Å²) < 4.78 is 7.62. The van der Waals surface area contributed by atoms with Crippen LogP contribution < -0.4 is 10.3 Å². The van der Waals surface area contributed by atoms with E-state index in [9.17, 15) is 4.79 Å². The monoisotopic (exact) mass is 354 g/mol. The van der Waals surface area contributed by atoms with Gasteiger partial charge in [0.1, 0.15) is 5.75 Å². The predicted molar refractivity (Wildman–Crippen MR) is 107 cm³/mol. The highest BCUT2D eigenvalue weighted by molar-refractivity contribution is 5.63. The maximum absolute atomic E-state index is 11.7. The van der Waals surface area contributed by atoms with E-state index in [1.807, 2.05) is 31.3 Å². The van der Waals surface area contributed by atoms with Gasteiger partial charge in [0.15, 0.2) is 0 Å². The fourth-order valence-electron chi connectivity index (χ4n) is 3.66. The highest BCUT2D eigenvalue weighted by Crippen LogP contribution is 2.22. The molecule has 1 aliphatic rings. The van der Waals surface area contributed by atoms with E-state index in [4.69, 9.17) is 4.74 Å². The summed E-state index contributed by atoms with van der Waals surface area (Å²) >= 11 is 0. The molecule has 0 bridgehead atoms. The zero-order chi connectivity index (χ0) is 18.4. The lowest BCUT2D eigenvalue weighted by Crippen LogP contribution is -2.35. The Morgan fingerprint density at radius 3 is 2.62 bits per heavy atom. The minimum Gasteiger partial charge on any atom is -0.494 e. The number of hydrogen-bond donors (Lipinski definition) is 0. The molecule has 2 aromatic rings. The molecule has 0 amide bonds. The van der Waals surface area contributed by atoms with Gasteiger partial charge in [0.2, 0.25) is 0 Å². The number of piperidine rings is 1. The first-order chi connectivity index (χ1) is 12.7. The molecule has 1 atom stereocenters. The highest BCUT2D eigenvalue weighted by atomic mass is 16.5. The second-order valence-corrected chi connectivity index (χ2v) is 7.32. The van der Waals surface area contributed by atoms with Crippen LogP contribution in [0.1, 0.15) is 33.1 Å². The number of hydrogen-bond acceptors (Lipinski definition) is 3. The van der Waals surface area contributed by atoms with Gasteiger partial charge in [0, 0.05) is 31.9 Å². The van der Waals surface area contributed by atoms with Crippen LogP contribution in [-0.4, -0.2) is 35.7 Å². The van der Waals surface area contributed by atoms with Crippen LogP contribution in [0.4, 0.5) is 0 Å². The van der Waals surface area contributed by atoms with Crippen LogP contribution >= 0.6 is 0 Å². The van der Waals surface area contributed by atoms with E-state index in [1.54, 1.807) is 10.6 Å². The number of aryl methyl sites for hydroxylation is 1. The summed E-state index contributed by atoms with van der Waals surface area (Å²) in [5, 5.41) is 0. The molecule has 140 valence electrons. The fourth-order valence-corrected chi connectivity index (χ4v) is 3.66. The van der Waals surface area contributed by atoms with Gasteiger partial charge < -0.3 is 14.2 Å². The first kappa shape index (κ1) is 18.7. The molecular formula is C22H30N2O2. The molecule has 0 aliphatic carbocycles. The average Bonchev–Trinajstić information content (AvgIpc) is 2.66. The number of rotatable bonds is 7. The van der Waals surface area contributed by atoms with E-state index in [2.05, 4.69) is 24.0 Å². The van der Waals surface area contributed by atoms with Crippen molar-refractivity contribution in [2.24, 2.45) is 5.92 Å². The van der Waals surface area contributed by atoms with Gasteiger partial charge in [-0.2, -0.15) is 0 Å². The van der Waals surface area contributed by atoms with Crippen LogP contribution in [0.3, 0.4) is 0 Å². The van der Waals surface area contributed by atoms with Crippen LogP contribution in [-0.2, 0) is 6.54 Å². The number of likely N-dealkylation sites (tertiary alicyclic amines) is 1. The smallest absolute Gasteiger partial charge is 0.250 e. The molecule has 0 saturated carbocycles. The van der Waals surface area contributed by atoms with Gasteiger partial charge >= 0.3 is 0 Å². The van der Waals surface area contributed by atoms with Gasteiger partial charge in [-0.3, -0.25) is 4.79 Å². The second-order valence-electron chi connectivity index (χ2n) is 7.32. The maximum Gasteiger partial charge on any atom is 0.250 e. The first-order valence-corrected chi connectivity index (χ1v) is 9.82. The van der Waals surface area contributed by atoms with E-state index in [0.29, 0.717) is 6.54 Å². The van der Waals surface area contributed by atoms with Crippen LogP contribution in [0.5, 0.6) is 5.75 Å². The fraction of sp³-hybridized carbons (Fsp3) is 0.500. The first-order valence-electron chi connectivity index (χ1n) is 9.82. The Labute approximate surface area is 156 Å². The number of benzene rings is 1. The van der Waals surface area contributed by atoms with Crippen molar-refractivity contribution in [2.75, 3.05) is 26.2 Å².